The van der Waals surface area contributed by atoms with E-state index in [0.717, 1.165) is 0 Å². The van der Waals surface area contributed by atoms with Crippen LogP contribution in [0.25, 0.3) is 0 Å². The normalized spacial score (nSPS) is 9.25. The maximum Gasteiger partial charge on any atom is 0.160 e. The van der Waals surface area contributed by atoms with Crippen LogP contribution in [0, 0.1) is 6.92 Å². The Labute approximate surface area is 48.1 Å². The van der Waals surface area contributed by atoms with E-state index in [1.807, 2.05) is 0 Å². The van der Waals surface area contributed by atoms with Crippen molar-refractivity contribution in [1.82, 2.24) is 0 Å². The summed E-state index contributed by atoms with van der Waals surface area (Å²) in [5.74, 6) is 1.28. The lowest BCUT2D eigenvalue weighted by Gasteiger charge is -1.91. The standard InChI is InChI=1S/C6H7O2/c1-5-6(7-2)3-4-8-5/h3-4H,1H2,2H3. The van der Waals surface area contributed by atoms with Gasteiger partial charge in [0.2, 0.25) is 0 Å². The van der Waals surface area contributed by atoms with Crippen LogP contribution in [0.4, 0.5) is 0 Å². The van der Waals surface area contributed by atoms with Crippen LogP contribution in [-0.4, -0.2) is 7.11 Å². The molecule has 0 saturated carbocycles. The summed E-state index contributed by atoms with van der Waals surface area (Å²) in [7, 11) is 1.58. The minimum atomic E-state index is 0.576. The summed E-state index contributed by atoms with van der Waals surface area (Å²) < 4.78 is 9.65. The number of rotatable bonds is 1. The van der Waals surface area contributed by atoms with E-state index >= 15 is 0 Å². The molecule has 0 saturated heterocycles. The van der Waals surface area contributed by atoms with Crippen molar-refractivity contribution in [2.24, 2.45) is 0 Å². The molecule has 0 aromatic carbocycles. The molecule has 1 aromatic rings. The summed E-state index contributed by atoms with van der Waals surface area (Å²) in [5.41, 5.74) is 0. The van der Waals surface area contributed by atoms with E-state index in [9.17, 15) is 0 Å². The van der Waals surface area contributed by atoms with Gasteiger partial charge < -0.3 is 9.15 Å². The maximum absolute atomic E-state index is 4.83. The van der Waals surface area contributed by atoms with E-state index < -0.39 is 0 Å². The van der Waals surface area contributed by atoms with E-state index in [-0.39, 0.29) is 0 Å². The monoisotopic (exact) mass is 111 g/mol. The zero-order valence-electron chi connectivity index (χ0n) is 4.68. The van der Waals surface area contributed by atoms with Gasteiger partial charge in [-0.15, -0.1) is 0 Å². The van der Waals surface area contributed by atoms with Crippen molar-refractivity contribution in [1.29, 1.82) is 0 Å². The predicted molar refractivity (Wildman–Crippen MR) is 29.7 cm³/mol. The van der Waals surface area contributed by atoms with Gasteiger partial charge in [0, 0.05) is 13.0 Å². The number of methoxy groups -OCH3 is 1. The Bertz CT molecular complexity index is 167. The fraction of sp³-hybridized carbons (Fsp3) is 0.167. The second-order valence-corrected chi connectivity index (χ2v) is 1.41. The molecule has 8 heavy (non-hydrogen) atoms. The van der Waals surface area contributed by atoms with Crippen LogP contribution in [0.3, 0.4) is 0 Å². The summed E-state index contributed by atoms with van der Waals surface area (Å²) in [6.45, 7) is 3.56. The first kappa shape index (κ1) is 5.22. The highest BCUT2D eigenvalue weighted by Crippen LogP contribution is 2.16. The third-order valence-electron chi connectivity index (χ3n) is 0.924. The minimum Gasteiger partial charge on any atom is -0.493 e. The summed E-state index contributed by atoms with van der Waals surface area (Å²) >= 11 is 0. The molecule has 43 valence electrons. The smallest absolute Gasteiger partial charge is 0.160 e. The third-order valence-corrected chi connectivity index (χ3v) is 0.924. The van der Waals surface area contributed by atoms with Crippen LogP contribution in [0.5, 0.6) is 5.75 Å². The number of furan rings is 1. The molecule has 0 aliphatic rings. The van der Waals surface area contributed by atoms with E-state index in [1.54, 1.807) is 19.4 Å². The number of hydrogen-bond acceptors (Lipinski definition) is 2. The molecule has 0 amide bonds. The average molecular weight is 111 g/mol. The lowest BCUT2D eigenvalue weighted by Crippen LogP contribution is -1.79. The van der Waals surface area contributed by atoms with Crippen LogP contribution < -0.4 is 4.74 Å². The van der Waals surface area contributed by atoms with Crippen LogP contribution in [-0.2, 0) is 0 Å². The zero-order chi connectivity index (χ0) is 5.98. The van der Waals surface area contributed by atoms with Crippen molar-refractivity contribution in [2.45, 2.75) is 0 Å². The van der Waals surface area contributed by atoms with Crippen LogP contribution >= 0.6 is 0 Å². The van der Waals surface area contributed by atoms with Gasteiger partial charge >= 0.3 is 0 Å². The Morgan fingerprint density at radius 1 is 1.75 bits per heavy atom. The highest BCUT2D eigenvalue weighted by molar-refractivity contribution is 5.25. The lowest BCUT2D eigenvalue weighted by molar-refractivity contribution is 0.401. The van der Waals surface area contributed by atoms with Crippen molar-refractivity contribution >= 4 is 0 Å². The molecule has 0 aliphatic carbocycles. The van der Waals surface area contributed by atoms with Crippen molar-refractivity contribution in [3.63, 3.8) is 0 Å². The summed E-state index contributed by atoms with van der Waals surface area (Å²) in [6, 6.07) is 1.72. The molecule has 0 spiro atoms. The van der Waals surface area contributed by atoms with Gasteiger partial charge in [0.25, 0.3) is 0 Å². The largest absolute Gasteiger partial charge is 0.493 e. The molecule has 1 heterocycles. The van der Waals surface area contributed by atoms with Gasteiger partial charge in [-0.2, -0.15) is 0 Å². The Balaban J connectivity index is 2.92. The summed E-state index contributed by atoms with van der Waals surface area (Å²) in [4.78, 5) is 0. The predicted octanol–water partition coefficient (Wildman–Crippen LogP) is 1.47. The SMILES string of the molecule is [CH2]c1occc1OC. The van der Waals surface area contributed by atoms with Crippen molar-refractivity contribution in [3.05, 3.63) is 25.0 Å². The molecule has 0 bridgehead atoms. The molecule has 0 fully saturated rings. The van der Waals surface area contributed by atoms with Gasteiger partial charge in [-0.05, 0) is 0 Å². The number of ether oxygens (including phenoxy) is 1. The van der Waals surface area contributed by atoms with Crippen LogP contribution in [0.15, 0.2) is 16.7 Å². The first-order valence-corrected chi connectivity index (χ1v) is 2.28. The van der Waals surface area contributed by atoms with Crippen molar-refractivity contribution in [2.75, 3.05) is 7.11 Å². The van der Waals surface area contributed by atoms with Crippen molar-refractivity contribution < 1.29 is 9.15 Å². The first-order valence-electron chi connectivity index (χ1n) is 2.28. The van der Waals surface area contributed by atoms with Gasteiger partial charge in [-0.1, -0.05) is 0 Å². The highest BCUT2D eigenvalue weighted by atomic mass is 16.5. The Hall–Kier alpha value is -0.920. The van der Waals surface area contributed by atoms with Gasteiger partial charge in [0.05, 0.1) is 13.4 Å². The highest BCUT2D eigenvalue weighted by Gasteiger charge is 1.96. The van der Waals surface area contributed by atoms with E-state index in [4.69, 9.17) is 9.15 Å². The molecule has 0 aliphatic heterocycles. The zero-order valence-corrected chi connectivity index (χ0v) is 4.68. The topological polar surface area (TPSA) is 22.4 Å². The molecule has 1 aromatic heterocycles. The van der Waals surface area contributed by atoms with Crippen LogP contribution in [0.2, 0.25) is 0 Å². The van der Waals surface area contributed by atoms with Crippen LogP contribution in [0.1, 0.15) is 5.76 Å². The summed E-state index contributed by atoms with van der Waals surface area (Å²) in [5, 5.41) is 0. The lowest BCUT2D eigenvalue weighted by atomic mass is 10.5. The molecule has 2 heteroatoms. The fourth-order valence-electron chi connectivity index (χ4n) is 0.511. The van der Waals surface area contributed by atoms with Gasteiger partial charge in [0.1, 0.15) is 5.76 Å². The molecule has 0 atom stereocenters. The molecule has 0 N–H and O–H groups in total. The second kappa shape index (κ2) is 1.90. The molecular formula is C6H7O2. The molecule has 1 radical (unpaired) electrons. The Morgan fingerprint density at radius 3 is 2.75 bits per heavy atom. The average Bonchev–Trinajstić information content (AvgIpc) is 2.14. The maximum atomic E-state index is 4.83. The third kappa shape index (κ3) is 0.689. The minimum absolute atomic E-state index is 0.576. The quantitative estimate of drug-likeness (QED) is 0.547. The Kier molecular flexibility index (Phi) is 1.24. The molecule has 0 unspecified atom stereocenters. The van der Waals surface area contributed by atoms with Gasteiger partial charge in [-0.25, -0.2) is 0 Å². The number of hydrogen-bond donors (Lipinski definition) is 0. The summed E-state index contributed by atoms with van der Waals surface area (Å²) in [6.07, 6.45) is 1.54. The van der Waals surface area contributed by atoms with E-state index in [1.165, 1.54) is 0 Å². The van der Waals surface area contributed by atoms with E-state index in [0.29, 0.717) is 11.5 Å². The van der Waals surface area contributed by atoms with Crippen molar-refractivity contribution in [3.8, 4) is 5.75 Å². The van der Waals surface area contributed by atoms with Gasteiger partial charge in [-0.3, -0.25) is 0 Å². The molecule has 1 rings (SSSR count). The second-order valence-electron chi connectivity index (χ2n) is 1.41. The van der Waals surface area contributed by atoms with Gasteiger partial charge in [0.15, 0.2) is 5.75 Å². The Morgan fingerprint density at radius 2 is 2.50 bits per heavy atom. The van der Waals surface area contributed by atoms with E-state index in [2.05, 4.69) is 6.92 Å². The fourth-order valence-corrected chi connectivity index (χ4v) is 0.511. The molecule has 2 nitrogen and oxygen atoms in total. The molecular weight excluding hydrogens is 104 g/mol. The first-order chi connectivity index (χ1) is 3.84.